The molecule has 0 aromatic rings. The third-order valence-corrected chi connectivity index (χ3v) is 3.19. The summed E-state index contributed by atoms with van der Waals surface area (Å²) in [5, 5.41) is 6.48. The van der Waals surface area contributed by atoms with Crippen molar-refractivity contribution in [3.63, 3.8) is 0 Å². The zero-order valence-corrected chi connectivity index (χ0v) is 14.5. The van der Waals surface area contributed by atoms with Crippen LogP contribution >= 0.6 is 0 Å². The van der Waals surface area contributed by atoms with Crippen LogP contribution in [-0.4, -0.2) is 29.3 Å². The fraction of sp³-hybridized carbons (Fsp3) is 0.824. The Hall–Kier alpha value is -1.03. The summed E-state index contributed by atoms with van der Waals surface area (Å²) in [6.07, 6.45) is 7.77. The maximum absolute atomic E-state index is 11.8. The van der Waals surface area contributed by atoms with Crippen molar-refractivity contribution in [2.45, 2.75) is 90.4 Å². The molecule has 21 heavy (non-hydrogen) atoms. The summed E-state index contributed by atoms with van der Waals surface area (Å²) in [7, 11) is 0. The number of nitrogens with one attached hydrogen (secondary N) is 2. The normalized spacial score (nSPS) is 25.6. The lowest BCUT2D eigenvalue weighted by Crippen LogP contribution is -2.44. The van der Waals surface area contributed by atoms with Crippen LogP contribution in [0.3, 0.4) is 0 Å². The minimum absolute atomic E-state index is 0.108. The van der Waals surface area contributed by atoms with Crippen LogP contribution in [0.4, 0.5) is 4.79 Å². The van der Waals surface area contributed by atoms with Crippen LogP contribution in [0.5, 0.6) is 0 Å². The monoisotopic (exact) mass is 296 g/mol. The Morgan fingerprint density at radius 2 is 1.76 bits per heavy atom. The van der Waals surface area contributed by atoms with Crippen molar-refractivity contribution >= 4 is 6.09 Å². The molecule has 122 valence electrons. The fourth-order valence-electron chi connectivity index (χ4n) is 2.49. The molecule has 0 aliphatic heterocycles. The molecule has 1 aliphatic rings. The van der Waals surface area contributed by atoms with Gasteiger partial charge in [0, 0.05) is 17.1 Å². The average molecular weight is 296 g/mol. The minimum Gasteiger partial charge on any atom is -0.442 e. The predicted molar refractivity (Wildman–Crippen MR) is 87.4 cm³/mol. The molecule has 4 heteroatoms. The molecule has 2 N–H and O–H groups in total. The Balaban J connectivity index is 2.46. The van der Waals surface area contributed by atoms with Gasteiger partial charge in [0.05, 0.1) is 0 Å². The van der Waals surface area contributed by atoms with Gasteiger partial charge >= 0.3 is 6.09 Å². The van der Waals surface area contributed by atoms with E-state index in [1.54, 1.807) is 0 Å². The fourth-order valence-corrected chi connectivity index (χ4v) is 2.49. The number of ether oxygens (including phenoxy) is 1. The zero-order valence-electron chi connectivity index (χ0n) is 14.5. The Labute approximate surface area is 129 Å². The maximum atomic E-state index is 11.8. The van der Waals surface area contributed by atoms with Crippen LogP contribution in [0.1, 0.15) is 67.2 Å². The molecule has 0 saturated carbocycles. The smallest absolute Gasteiger partial charge is 0.408 e. The number of rotatable bonds is 2. The van der Waals surface area contributed by atoms with Crippen molar-refractivity contribution in [3.05, 3.63) is 12.2 Å². The van der Waals surface area contributed by atoms with Crippen molar-refractivity contribution in [3.8, 4) is 0 Å². The van der Waals surface area contributed by atoms with Gasteiger partial charge < -0.3 is 15.4 Å². The van der Waals surface area contributed by atoms with E-state index in [9.17, 15) is 4.79 Å². The average Bonchev–Trinajstić information content (AvgIpc) is 2.20. The highest BCUT2D eigenvalue weighted by molar-refractivity contribution is 5.68. The number of amides is 1. The summed E-state index contributed by atoms with van der Waals surface area (Å²) in [6, 6.07) is 0.505. The molecule has 0 bridgehead atoms. The van der Waals surface area contributed by atoms with Crippen LogP contribution < -0.4 is 10.6 Å². The van der Waals surface area contributed by atoms with Crippen molar-refractivity contribution in [2.75, 3.05) is 0 Å². The van der Waals surface area contributed by atoms with Crippen LogP contribution in [0.25, 0.3) is 0 Å². The van der Waals surface area contributed by atoms with E-state index in [0.29, 0.717) is 6.04 Å². The van der Waals surface area contributed by atoms with E-state index in [4.69, 9.17) is 4.74 Å². The van der Waals surface area contributed by atoms with Crippen molar-refractivity contribution in [2.24, 2.45) is 0 Å². The van der Waals surface area contributed by atoms with Crippen LogP contribution in [0.15, 0.2) is 12.2 Å². The maximum Gasteiger partial charge on any atom is 0.408 e. The molecule has 1 amide bonds. The lowest BCUT2D eigenvalue weighted by Gasteiger charge is -2.29. The second kappa shape index (κ2) is 7.30. The molecule has 1 aliphatic carbocycles. The lowest BCUT2D eigenvalue weighted by molar-refractivity contribution is 0.105. The van der Waals surface area contributed by atoms with Crippen molar-refractivity contribution in [1.82, 2.24) is 10.6 Å². The first-order valence-corrected chi connectivity index (χ1v) is 7.98. The van der Waals surface area contributed by atoms with E-state index in [0.717, 1.165) is 25.7 Å². The number of carbonyl (C=O) groups is 1. The summed E-state index contributed by atoms with van der Waals surface area (Å²) in [5.74, 6) is 0. The largest absolute Gasteiger partial charge is 0.442 e. The van der Waals surface area contributed by atoms with Gasteiger partial charge in [0.15, 0.2) is 0 Å². The SMILES string of the molecule is CC(C)(C)NC(=O)OC1/C=C/CC(NC(C)(C)C)CCC1. The molecule has 1 rings (SSSR count). The summed E-state index contributed by atoms with van der Waals surface area (Å²) in [4.78, 5) is 11.8. The molecule has 0 aromatic heterocycles. The van der Waals surface area contributed by atoms with Gasteiger partial charge in [-0.05, 0) is 73.3 Å². The molecule has 0 spiro atoms. The summed E-state index contributed by atoms with van der Waals surface area (Å²) in [6.45, 7) is 12.4. The van der Waals surface area contributed by atoms with E-state index in [2.05, 4.69) is 37.5 Å². The molecular formula is C17H32N2O2. The summed E-state index contributed by atoms with van der Waals surface area (Å²) < 4.78 is 5.48. The number of hydrogen-bond donors (Lipinski definition) is 2. The van der Waals surface area contributed by atoms with E-state index < -0.39 is 0 Å². The highest BCUT2D eigenvalue weighted by Crippen LogP contribution is 2.17. The zero-order chi connectivity index (χ0) is 16.1. The summed E-state index contributed by atoms with van der Waals surface area (Å²) >= 11 is 0. The Bertz CT molecular complexity index is 364. The molecule has 4 nitrogen and oxygen atoms in total. The van der Waals surface area contributed by atoms with E-state index in [-0.39, 0.29) is 23.3 Å². The van der Waals surface area contributed by atoms with Crippen molar-refractivity contribution < 1.29 is 9.53 Å². The molecule has 2 unspecified atom stereocenters. The molecule has 0 saturated heterocycles. The van der Waals surface area contributed by atoms with Crippen LogP contribution in [-0.2, 0) is 4.74 Å². The number of alkyl carbamates (subject to hydrolysis) is 1. The first-order chi connectivity index (χ1) is 9.55. The lowest BCUT2D eigenvalue weighted by atomic mass is 9.97. The Morgan fingerprint density at radius 3 is 2.33 bits per heavy atom. The van der Waals surface area contributed by atoms with Crippen LogP contribution in [0.2, 0.25) is 0 Å². The van der Waals surface area contributed by atoms with Gasteiger partial charge in [-0.15, -0.1) is 0 Å². The van der Waals surface area contributed by atoms with E-state index in [1.165, 1.54) is 0 Å². The Kier molecular flexibility index (Phi) is 6.26. The van der Waals surface area contributed by atoms with Gasteiger partial charge in [0.2, 0.25) is 0 Å². The second-order valence-corrected chi connectivity index (χ2v) is 8.00. The minimum atomic E-state index is -0.331. The predicted octanol–water partition coefficient (Wildman–Crippen LogP) is 3.77. The highest BCUT2D eigenvalue weighted by atomic mass is 16.6. The Morgan fingerprint density at radius 1 is 1.10 bits per heavy atom. The molecule has 0 aromatic carbocycles. The quantitative estimate of drug-likeness (QED) is 0.763. The number of hydrogen-bond acceptors (Lipinski definition) is 3. The summed E-state index contributed by atoms with van der Waals surface area (Å²) in [5.41, 5.74) is -0.121. The number of carbonyl (C=O) groups excluding carboxylic acids is 1. The third-order valence-electron chi connectivity index (χ3n) is 3.19. The first kappa shape index (κ1) is 18.0. The molecule has 0 radical (unpaired) electrons. The van der Waals surface area contributed by atoms with Gasteiger partial charge in [-0.3, -0.25) is 0 Å². The van der Waals surface area contributed by atoms with Crippen LogP contribution in [0, 0.1) is 0 Å². The van der Waals surface area contributed by atoms with E-state index in [1.807, 2.05) is 26.8 Å². The standard InChI is InChI=1S/C17H32N2O2/c1-16(2,3)18-13-9-7-11-14(12-8-10-13)21-15(20)19-17(4,5)6/h7,11,13-14,18H,8-10,12H2,1-6H3,(H,19,20)/b11-7+. The molecular weight excluding hydrogens is 264 g/mol. The second-order valence-electron chi connectivity index (χ2n) is 8.00. The molecule has 0 heterocycles. The van der Waals surface area contributed by atoms with Gasteiger partial charge in [0.1, 0.15) is 6.10 Å². The molecule has 2 atom stereocenters. The van der Waals surface area contributed by atoms with Gasteiger partial charge in [0.25, 0.3) is 0 Å². The molecule has 0 fully saturated rings. The van der Waals surface area contributed by atoms with Crippen molar-refractivity contribution in [1.29, 1.82) is 0 Å². The van der Waals surface area contributed by atoms with Gasteiger partial charge in [-0.1, -0.05) is 6.08 Å². The topological polar surface area (TPSA) is 50.4 Å². The highest BCUT2D eigenvalue weighted by Gasteiger charge is 2.21. The van der Waals surface area contributed by atoms with Gasteiger partial charge in [-0.2, -0.15) is 0 Å². The first-order valence-electron chi connectivity index (χ1n) is 7.98. The van der Waals surface area contributed by atoms with Gasteiger partial charge in [-0.25, -0.2) is 4.79 Å². The van der Waals surface area contributed by atoms with E-state index >= 15 is 0 Å². The third kappa shape index (κ3) is 8.76.